The van der Waals surface area contributed by atoms with Crippen molar-refractivity contribution < 1.29 is 19.1 Å². The van der Waals surface area contributed by atoms with Gasteiger partial charge in [0, 0.05) is 17.8 Å². The predicted molar refractivity (Wildman–Crippen MR) is 131 cm³/mol. The Morgan fingerprint density at radius 1 is 0.971 bits per heavy atom. The zero-order valence-corrected chi connectivity index (χ0v) is 19.4. The van der Waals surface area contributed by atoms with Crippen LogP contribution < -0.4 is 20.3 Å². The second-order valence-electron chi connectivity index (χ2n) is 8.77. The lowest BCUT2D eigenvalue weighted by atomic mass is 10.0. The molecule has 2 N–H and O–H groups in total. The smallest absolute Gasteiger partial charge is 0.271 e. The van der Waals surface area contributed by atoms with Crippen molar-refractivity contribution in [3.8, 4) is 5.75 Å². The zero-order chi connectivity index (χ0) is 24.3. The quantitative estimate of drug-likeness (QED) is 0.584. The van der Waals surface area contributed by atoms with E-state index in [2.05, 4.69) is 10.6 Å². The number of nitrogens with one attached hydrogen (secondary N) is 2. The van der Waals surface area contributed by atoms with E-state index in [-0.39, 0.29) is 24.3 Å². The first-order chi connectivity index (χ1) is 16.2. The van der Waals surface area contributed by atoms with Crippen molar-refractivity contribution in [2.45, 2.75) is 32.9 Å². The van der Waals surface area contributed by atoms with Crippen LogP contribution in [0, 0.1) is 6.92 Å². The summed E-state index contributed by atoms with van der Waals surface area (Å²) in [5.41, 5.74) is 2.31. The van der Waals surface area contributed by atoms with Gasteiger partial charge in [-0.1, -0.05) is 48.0 Å². The first-order valence-corrected chi connectivity index (χ1v) is 11.1. The highest BCUT2D eigenvalue weighted by atomic mass is 16.5. The molecular weight excluding hydrogens is 430 g/mol. The molecule has 0 fully saturated rings. The van der Waals surface area contributed by atoms with Crippen LogP contribution in [0.3, 0.4) is 0 Å². The average molecular weight is 458 g/mol. The van der Waals surface area contributed by atoms with Crippen LogP contribution in [0.5, 0.6) is 5.75 Å². The first-order valence-electron chi connectivity index (χ1n) is 11.1. The fourth-order valence-electron chi connectivity index (χ4n) is 3.73. The summed E-state index contributed by atoms with van der Waals surface area (Å²) < 4.78 is 5.88. The summed E-state index contributed by atoms with van der Waals surface area (Å²) in [6.07, 6.45) is 0. The lowest BCUT2D eigenvalue weighted by Gasteiger charge is -2.38. The van der Waals surface area contributed by atoms with Crippen molar-refractivity contribution in [2.24, 2.45) is 0 Å². The van der Waals surface area contributed by atoms with Crippen LogP contribution in [0.4, 0.5) is 11.4 Å². The number of carbonyl (C=O) groups is 3. The predicted octanol–water partition coefficient (Wildman–Crippen LogP) is 4.07. The van der Waals surface area contributed by atoms with Gasteiger partial charge in [-0.3, -0.25) is 19.3 Å². The number of anilines is 2. The van der Waals surface area contributed by atoms with Gasteiger partial charge in [0.25, 0.3) is 11.8 Å². The Morgan fingerprint density at radius 2 is 1.68 bits per heavy atom. The van der Waals surface area contributed by atoms with E-state index < -0.39 is 5.60 Å². The summed E-state index contributed by atoms with van der Waals surface area (Å²) in [5.74, 6) is -0.555. The molecule has 0 saturated carbocycles. The standard InChI is InChI=1S/C27H27N3O4/c1-18-9-12-21(13-10-18)29-24(31)17-30-22-15-20(11-14-23(22)34-27(2,3)26(30)33)25(32)28-16-19-7-5-4-6-8-19/h4-15H,16-17H2,1-3H3,(H,28,32)(H,29,31). The molecule has 0 saturated heterocycles. The molecule has 1 aliphatic rings. The number of amides is 3. The van der Waals surface area contributed by atoms with E-state index in [0.717, 1.165) is 11.1 Å². The molecule has 0 bridgehead atoms. The Hall–Kier alpha value is -4.13. The fraction of sp³-hybridized carbons (Fsp3) is 0.222. The van der Waals surface area contributed by atoms with Crippen molar-refractivity contribution in [1.82, 2.24) is 5.32 Å². The van der Waals surface area contributed by atoms with E-state index in [4.69, 9.17) is 4.74 Å². The van der Waals surface area contributed by atoms with Crippen LogP contribution in [-0.4, -0.2) is 29.9 Å². The van der Waals surface area contributed by atoms with Gasteiger partial charge in [-0.15, -0.1) is 0 Å². The highest BCUT2D eigenvalue weighted by Gasteiger charge is 2.41. The summed E-state index contributed by atoms with van der Waals surface area (Å²) in [6, 6.07) is 21.9. The number of ether oxygens (including phenoxy) is 1. The van der Waals surface area contributed by atoms with Gasteiger partial charge in [0.05, 0.1) is 5.69 Å². The largest absolute Gasteiger partial charge is 0.476 e. The van der Waals surface area contributed by atoms with Gasteiger partial charge in [0.15, 0.2) is 5.60 Å². The molecule has 7 nitrogen and oxygen atoms in total. The van der Waals surface area contributed by atoms with Crippen LogP contribution in [0.1, 0.15) is 35.3 Å². The fourth-order valence-corrected chi connectivity index (χ4v) is 3.73. The Kier molecular flexibility index (Phi) is 6.36. The maximum atomic E-state index is 13.2. The Balaban J connectivity index is 1.55. The molecule has 1 heterocycles. The monoisotopic (exact) mass is 457 g/mol. The minimum atomic E-state index is -1.14. The topological polar surface area (TPSA) is 87.7 Å². The third-order valence-corrected chi connectivity index (χ3v) is 5.57. The van der Waals surface area contributed by atoms with Gasteiger partial charge < -0.3 is 15.4 Å². The third-order valence-electron chi connectivity index (χ3n) is 5.57. The first kappa shape index (κ1) is 23.0. The number of hydrogen-bond acceptors (Lipinski definition) is 4. The van der Waals surface area contributed by atoms with Crippen molar-refractivity contribution in [3.63, 3.8) is 0 Å². The van der Waals surface area contributed by atoms with E-state index in [9.17, 15) is 14.4 Å². The van der Waals surface area contributed by atoms with Crippen LogP contribution >= 0.6 is 0 Å². The van der Waals surface area contributed by atoms with E-state index in [1.54, 1.807) is 44.2 Å². The summed E-state index contributed by atoms with van der Waals surface area (Å²) >= 11 is 0. The van der Waals surface area contributed by atoms with E-state index in [1.165, 1.54) is 4.90 Å². The summed E-state index contributed by atoms with van der Waals surface area (Å²) in [5, 5.41) is 5.70. The molecule has 3 aromatic carbocycles. The number of fused-ring (bicyclic) bond motifs is 1. The lowest BCUT2D eigenvalue weighted by molar-refractivity contribution is -0.133. The molecule has 34 heavy (non-hydrogen) atoms. The number of rotatable bonds is 6. The molecule has 174 valence electrons. The Labute approximate surface area is 198 Å². The molecule has 7 heteroatoms. The summed E-state index contributed by atoms with van der Waals surface area (Å²) in [7, 11) is 0. The van der Waals surface area contributed by atoms with E-state index in [1.807, 2.05) is 49.4 Å². The molecule has 3 aromatic rings. The zero-order valence-electron chi connectivity index (χ0n) is 19.4. The normalized spacial score (nSPS) is 14.1. The number of hydrogen-bond donors (Lipinski definition) is 2. The number of nitrogens with zero attached hydrogens (tertiary/aromatic N) is 1. The highest BCUT2D eigenvalue weighted by molar-refractivity contribution is 6.08. The second-order valence-corrected chi connectivity index (χ2v) is 8.77. The third kappa shape index (κ3) is 5.09. The molecule has 0 aliphatic carbocycles. The van der Waals surface area contributed by atoms with Crippen molar-refractivity contribution >= 4 is 29.1 Å². The van der Waals surface area contributed by atoms with Gasteiger partial charge >= 0.3 is 0 Å². The SMILES string of the molecule is Cc1ccc(NC(=O)CN2C(=O)C(C)(C)Oc3ccc(C(=O)NCc4ccccc4)cc32)cc1. The highest BCUT2D eigenvalue weighted by Crippen LogP contribution is 2.38. The molecule has 0 radical (unpaired) electrons. The van der Waals surface area contributed by atoms with Crippen LogP contribution in [0.2, 0.25) is 0 Å². The van der Waals surface area contributed by atoms with Gasteiger partial charge in [-0.05, 0) is 56.7 Å². The van der Waals surface area contributed by atoms with E-state index in [0.29, 0.717) is 29.2 Å². The summed E-state index contributed by atoms with van der Waals surface area (Å²) in [6.45, 7) is 5.45. The molecular formula is C27H27N3O4. The van der Waals surface area contributed by atoms with Gasteiger partial charge in [-0.2, -0.15) is 0 Å². The summed E-state index contributed by atoms with van der Waals surface area (Å²) in [4.78, 5) is 40.1. The molecule has 0 unspecified atom stereocenters. The van der Waals surface area contributed by atoms with E-state index >= 15 is 0 Å². The van der Waals surface area contributed by atoms with Gasteiger partial charge in [0.1, 0.15) is 12.3 Å². The van der Waals surface area contributed by atoms with Gasteiger partial charge in [0.2, 0.25) is 5.91 Å². The van der Waals surface area contributed by atoms with Crippen molar-refractivity contribution in [3.05, 3.63) is 89.5 Å². The maximum Gasteiger partial charge on any atom is 0.271 e. The Bertz CT molecular complexity index is 1220. The molecule has 1 aliphatic heterocycles. The van der Waals surface area contributed by atoms with Crippen LogP contribution in [0.25, 0.3) is 0 Å². The molecule has 0 aromatic heterocycles. The van der Waals surface area contributed by atoms with Crippen molar-refractivity contribution in [1.29, 1.82) is 0 Å². The van der Waals surface area contributed by atoms with Crippen LogP contribution in [0.15, 0.2) is 72.8 Å². The number of aryl methyl sites for hydroxylation is 1. The Morgan fingerprint density at radius 3 is 2.38 bits per heavy atom. The second kappa shape index (κ2) is 9.39. The lowest BCUT2D eigenvalue weighted by Crippen LogP contribution is -2.54. The molecule has 0 atom stereocenters. The minimum absolute atomic E-state index is 0.207. The number of carbonyl (C=O) groups excluding carboxylic acids is 3. The maximum absolute atomic E-state index is 13.2. The average Bonchev–Trinajstić information content (AvgIpc) is 2.82. The molecule has 3 amide bonds. The van der Waals surface area contributed by atoms with Crippen LogP contribution in [-0.2, 0) is 16.1 Å². The minimum Gasteiger partial charge on any atom is -0.476 e. The molecule has 4 rings (SSSR count). The molecule has 0 spiro atoms. The van der Waals surface area contributed by atoms with Crippen molar-refractivity contribution in [2.75, 3.05) is 16.8 Å². The number of benzene rings is 3. The van der Waals surface area contributed by atoms with Gasteiger partial charge in [-0.25, -0.2) is 0 Å².